The Morgan fingerprint density at radius 3 is 2.12 bits per heavy atom. The highest BCUT2D eigenvalue weighted by atomic mass is 15.2. The molecule has 84 valence electrons. The molecule has 0 spiro atoms. The second-order valence-electron chi connectivity index (χ2n) is 5.32. The van der Waals surface area contributed by atoms with Gasteiger partial charge in [0.2, 0.25) is 0 Å². The van der Waals surface area contributed by atoms with Gasteiger partial charge in [0.05, 0.1) is 17.5 Å². The number of hydrogen-bond acceptors (Lipinski definition) is 3. The van der Waals surface area contributed by atoms with Gasteiger partial charge < -0.3 is 16.0 Å². The third-order valence-corrected chi connectivity index (χ3v) is 4.20. The summed E-state index contributed by atoms with van der Waals surface area (Å²) in [5.74, 6) is 1.49. The Labute approximate surface area is 95.6 Å². The van der Waals surface area contributed by atoms with Crippen molar-refractivity contribution in [1.29, 1.82) is 0 Å². The molecule has 1 fully saturated rings. The topological polar surface area (TPSA) is 36.1 Å². The molecule has 16 heavy (non-hydrogen) atoms. The number of hydrogen-bond donors (Lipinski definition) is 3. The fraction of sp³-hybridized carbons (Fsp3) is 0.538. The maximum atomic E-state index is 3.54. The van der Waals surface area contributed by atoms with E-state index in [1.165, 1.54) is 17.8 Å². The minimum Gasteiger partial charge on any atom is -0.364 e. The van der Waals surface area contributed by atoms with Crippen molar-refractivity contribution in [2.45, 2.75) is 31.3 Å². The van der Waals surface area contributed by atoms with Crippen LogP contribution in [0, 0.1) is 0 Å². The molecule has 1 saturated heterocycles. The quantitative estimate of drug-likeness (QED) is 0.620. The Hall–Kier alpha value is -1.22. The lowest BCUT2D eigenvalue weighted by Crippen LogP contribution is -2.28. The third-order valence-electron chi connectivity index (χ3n) is 4.20. The van der Waals surface area contributed by atoms with Crippen LogP contribution in [0.2, 0.25) is 0 Å². The first kappa shape index (κ1) is 8.88. The Morgan fingerprint density at radius 1 is 1.00 bits per heavy atom. The van der Waals surface area contributed by atoms with E-state index in [4.69, 9.17) is 0 Å². The summed E-state index contributed by atoms with van der Waals surface area (Å²) in [5.41, 5.74) is 5.74. The standard InChI is InChI=1S/C13H17N3/c1-7-15-12-3-10-8-2-9(6-14-5-8)11(10)4-13(12)16-7/h3-4,7-9,14-16H,2,5-6H2,1H3. The highest BCUT2D eigenvalue weighted by Crippen LogP contribution is 2.47. The van der Waals surface area contributed by atoms with Crippen LogP contribution < -0.4 is 16.0 Å². The molecule has 2 atom stereocenters. The zero-order chi connectivity index (χ0) is 10.7. The summed E-state index contributed by atoms with van der Waals surface area (Å²) in [6.45, 7) is 4.48. The molecule has 3 N–H and O–H groups in total. The van der Waals surface area contributed by atoms with E-state index in [1.807, 2.05) is 0 Å². The van der Waals surface area contributed by atoms with Gasteiger partial charge in [0.1, 0.15) is 0 Å². The molecular formula is C13H17N3. The predicted molar refractivity (Wildman–Crippen MR) is 66.1 cm³/mol. The molecule has 0 saturated carbocycles. The fourth-order valence-electron chi connectivity index (χ4n) is 3.50. The molecular weight excluding hydrogens is 198 g/mol. The molecule has 0 amide bonds. The molecule has 1 aromatic carbocycles. The minimum atomic E-state index is 0.371. The summed E-state index contributed by atoms with van der Waals surface area (Å²) in [5, 5.41) is 10.5. The Bertz CT molecular complexity index is 416. The third kappa shape index (κ3) is 1.07. The van der Waals surface area contributed by atoms with Gasteiger partial charge in [-0.1, -0.05) is 0 Å². The first-order valence-electron chi connectivity index (χ1n) is 6.23. The lowest BCUT2D eigenvalue weighted by Gasteiger charge is -2.19. The molecule has 0 radical (unpaired) electrons. The summed E-state index contributed by atoms with van der Waals surface area (Å²) in [7, 11) is 0. The van der Waals surface area contributed by atoms with Crippen molar-refractivity contribution < 1.29 is 0 Å². The van der Waals surface area contributed by atoms with Crippen molar-refractivity contribution in [1.82, 2.24) is 5.32 Å². The van der Waals surface area contributed by atoms with E-state index in [2.05, 4.69) is 35.0 Å². The van der Waals surface area contributed by atoms with Crippen LogP contribution >= 0.6 is 0 Å². The SMILES string of the molecule is CC1Nc2cc3c(cc2N1)C1CNCC3C1. The number of rotatable bonds is 0. The van der Waals surface area contributed by atoms with E-state index in [9.17, 15) is 0 Å². The van der Waals surface area contributed by atoms with Crippen molar-refractivity contribution in [2.24, 2.45) is 0 Å². The first-order valence-corrected chi connectivity index (χ1v) is 6.23. The van der Waals surface area contributed by atoms with Crippen molar-refractivity contribution in [3.63, 3.8) is 0 Å². The van der Waals surface area contributed by atoms with Gasteiger partial charge in [-0.05, 0) is 48.4 Å². The number of piperidine rings is 1. The summed E-state index contributed by atoms with van der Waals surface area (Å²) in [4.78, 5) is 0. The van der Waals surface area contributed by atoms with Crippen LogP contribution in [0.5, 0.6) is 0 Å². The average molecular weight is 215 g/mol. The van der Waals surface area contributed by atoms with Gasteiger partial charge in [0.15, 0.2) is 0 Å². The number of anilines is 2. The Morgan fingerprint density at radius 2 is 1.56 bits per heavy atom. The number of nitrogens with one attached hydrogen (secondary N) is 3. The van der Waals surface area contributed by atoms with Gasteiger partial charge in [0, 0.05) is 13.1 Å². The summed E-state index contributed by atoms with van der Waals surface area (Å²) < 4.78 is 0. The van der Waals surface area contributed by atoms with Crippen molar-refractivity contribution in [2.75, 3.05) is 23.7 Å². The second-order valence-corrected chi connectivity index (χ2v) is 5.32. The van der Waals surface area contributed by atoms with Crippen LogP contribution in [0.4, 0.5) is 11.4 Å². The van der Waals surface area contributed by atoms with Crippen molar-refractivity contribution in [3.8, 4) is 0 Å². The molecule has 0 aromatic heterocycles. The van der Waals surface area contributed by atoms with Crippen LogP contribution in [0.15, 0.2) is 12.1 Å². The van der Waals surface area contributed by atoms with Gasteiger partial charge in [-0.25, -0.2) is 0 Å². The smallest absolute Gasteiger partial charge is 0.0935 e. The van der Waals surface area contributed by atoms with E-state index in [0.717, 1.165) is 24.9 Å². The van der Waals surface area contributed by atoms with Crippen LogP contribution in [0.3, 0.4) is 0 Å². The molecule has 1 aliphatic carbocycles. The largest absolute Gasteiger partial charge is 0.364 e. The Balaban J connectivity index is 1.86. The molecule has 3 heteroatoms. The lowest BCUT2D eigenvalue weighted by atomic mass is 9.98. The minimum absolute atomic E-state index is 0.371. The highest BCUT2D eigenvalue weighted by Gasteiger charge is 2.35. The van der Waals surface area contributed by atoms with Gasteiger partial charge in [-0.15, -0.1) is 0 Å². The first-order chi connectivity index (χ1) is 7.81. The predicted octanol–water partition coefficient (Wildman–Crippen LogP) is 2.04. The normalized spacial score (nSPS) is 33.9. The van der Waals surface area contributed by atoms with Crippen molar-refractivity contribution in [3.05, 3.63) is 23.3 Å². The molecule has 4 rings (SSSR count). The second kappa shape index (κ2) is 2.92. The summed E-state index contributed by atoms with van der Waals surface area (Å²) >= 11 is 0. The molecule has 3 nitrogen and oxygen atoms in total. The van der Waals surface area contributed by atoms with Crippen molar-refractivity contribution >= 4 is 11.4 Å². The Kier molecular flexibility index (Phi) is 1.62. The van der Waals surface area contributed by atoms with Crippen LogP contribution in [0.25, 0.3) is 0 Å². The van der Waals surface area contributed by atoms with Crippen LogP contribution in [0.1, 0.15) is 36.3 Å². The maximum absolute atomic E-state index is 3.54. The van der Waals surface area contributed by atoms with Gasteiger partial charge in [-0.2, -0.15) is 0 Å². The molecule has 2 unspecified atom stereocenters. The molecule has 3 aliphatic rings. The van der Waals surface area contributed by atoms with Gasteiger partial charge in [-0.3, -0.25) is 0 Å². The zero-order valence-corrected chi connectivity index (χ0v) is 9.51. The molecule has 2 bridgehead atoms. The fourth-order valence-corrected chi connectivity index (χ4v) is 3.50. The van der Waals surface area contributed by atoms with E-state index in [0.29, 0.717) is 6.17 Å². The molecule has 2 heterocycles. The molecule has 1 aromatic rings. The monoisotopic (exact) mass is 215 g/mol. The number of benzene rings is 1. The van der Waals surface area contributed by atoms with E-state index in [1.54, 1.807) is 11.1 Å². The molecule has 2 aliphatic heterocycles. The summed E-state index contributed by atoms with van der Waals surface area (Å²) in [6, 6.07) is 4.75. The highest BCUT2D eigenvalue weighted by molar-refractivity contribution is 5.77. The summed E-state index contributed by atoms with van der Waals surface area (Å²) in [6.07, 6.45) is 1.72. The van der Waals surface area contributed by atoms with E-state index < -0.39 is 0 Å². The van der Waals surface area contributed by atoms with Gasteiger partial charge >= 0.3 is 0 Å². The van der Waals surface area contributed by atoms with E-state index in [-0.39, 0.29) is 0 Å². The van der Waals surface area contributed by atoms with E-state index >= 15 is 0 Å². The average Bonchev–Trinajstić information content (AvgIpc) is 2.76. The maximum Gasteiger partial charge on any atom is 0.0935 e. The van der Waals surface area contributed by atoms with Crippen LogP contribution in [-0.4, -0.2) is 19.3 Å². The number of fused-ring (bicyclic) bond motifs is 6. The van der Waals surface area contributed by atoms with Gasteiger partial charge in [0.25, 0.3) is 0 Å². The zero-order valence-electron chi connectivity index (χ0n) is 9.51. The van der Waals surface area contributed by atoms with Crippen LogP contribution in [-0.2, 0) is 0 Å². The lowest BCUT2D eigenvalue weighted by molar-refractivity contribution is 0.454.